The smallest absolute Gasteiger partial charge is 0.264 e. The molecular formula is C12H9ClN2O2S. The largest absolute Gasteiger partial charge is 0.328 e. The van der Waals surface area contributed by atoms with Gasteiger partial charge in [0.25, 0.3) is 0 Å². The van der Waals surface area contributed by atoms with E-state index >= 15 is 0 Å². The lowest BCUT2D eigenvalue weighted by Gasteiger charge is -2.16. The first kappa shape index (κ1) is 11.4. The Kier molecular flexibility index (Phi) is 2.46. The van der Waals surface area contributed by atoms with Gasteiger partial charge < -0.3 is 0 Å². The van der Waals surface area contributed by atoms with Crippen molar-refractivity contribution in [2.24, 2.45) is 0 Å². The van der Waals surface area contributed by atoms with Crippen LogP contribution in [0.5, 0.6) is 0 Å². The Labute approximate surface area is 110 Å². The van der Waals surface area contributed by atoms with E-state index in [-0.39, 0.29) is 0 Å². The average Bonchev–Trinajstić information content (AvgIpc) is 2.60. The molecule has 3 rings (SSSR count). The van der Waals surface area contributed by atoms with Crippen molar-refractivity contribution in [2.45, 2.75) is 0 Å². The summed E-state index contributed by atoms with van der Waals surface area (Å²) in [5.41, 5.74) is 1.64. The Balaban J connectivity index is 2.23. The highest BCUT2D eigenvalue weighted by Crippen LogP contribution is 2.42. The summed E-state index contributed by atoms with van der Waals surface area (Å²) in [4.78, 5) is 0. The van der Waals surface area contributed by atoms with Crippen molar-refractivity contribution in [3.63, 3.8) is 0 Å². The minimum atomic E-state index is -3.59. The third-order valence-corrected chi connectivity index (χ3v) is 4.25. The minimum absolute atomic E-state index is 0.494. The van der Waals surface area contributed by atoms with E-state index in [0.29, 0.717) is 22.1 Å². The van der Waals surface area contributed by atoms with E-state index in [0.717, 1.165) is 0 Å². The van der Waals surface area contributed by atoms with E-state index in [1.54, 1.807) is 42.5 Å². The second-order valence-electron chi connectivity index (χ2n) is 3.87. The van der Waals surface area contributed by atoms with E-state index < -0.39 is 10.2 Å². The number of nitrogens with one attached hydrogen (secondary N) is 1. The predicted molar refractivity (Wildman–Crippen MR) is 72.6 cm³/mol. The van der Waals surface area contributed by atoms with E-state index in [4.69, 9.17) is 11.6 Å². The Morgan fingerprint density at radius 3 is 2.50 bits per heavy atom. The highest BCUT2D eigenvalue weighted by atomic mass is 35.5. The number of benzene rings is 2. The number of halogens is 1. The van der Waals surface area contributed by atoms with Crippen LogP contribution in [0, 0.1) is 0 Å². The monoisotopic (exact) mass is 280 g/mol. The van der Waals surface area contributed by atoms with Crippen LogP contribution >= 0.6 is 11.6 Å². The van der Waals surface area contributed by atoms with Gasteiger partial charge in [-0.3, -0.25) is 4.72 Å². The van der Waals surface area contributed by atoms with Crippen LogP contribution in [0.2, 0.25) is 5.02 Å². The Hall–Kier alpha value is -1.72. The maximum Gasteiger partial charge on any atom is 0.328 e. The third-order valence-electron chi connectivity index (χ3n) is 2.65. The summed E-state index contributed by atoms with van der Waals surface area (Å²) in [6.45, 7) is 0. The van der Waals surface area contributed by atoms with Gasteiger partial charge in [0.05, 0.1) is 17.1 Å². The lowest BCUT2D eigenvalue weighted by atomic mass is 10.2. The molecule has 0 unspecified atom stereocenters. The molecule has 0 saturated carbocycles. The SMILES string of the molecule is O=S1(=O)Nc2ccc(Cl)cc2N1c1ccccc1. The third kappa shape index (κ3) is 1.72. The first-order chi connectivity index (χ1) is 8.58. The minimum Gasteiger partial charge on any atom is -0.264 e. The van der Waals surface area contributed by atoms with Gasteiger partial charge >= 0.3 is 10.2 Å². The van der Waals surface area contributed by atoms with Crippen molar-refractivity contribution in [3.05, 3.63) is 53.6 Å². The van der Waals surface area contributed by atoms with Crippen molar-refractivity contribution in [2.75, 3.05) is 9.03 Å². The van der Waals surface area contributed by atoms with Crippen LogP contribution in [0.25, 0.3) is 0 Å². The summed E-state index contributed by atoms with van der Waals surface area (Å²) in [5, 5.41) is 0.494. The number of hydrogen-bond acceptors (Lipinski definition) is 2. The van der Waals surface area contributed by atoms with Crippen LogP contribution < -0.4 is 9.03 Å². The van der Waals surface area contributed by atoms with E-state index in [9.17, 15) is 8.42 Å². The zero-order valence-corrected chi connectivity index (χ0v) is 10.7. The van der Waals surface area contributed by atoms with Crippen LogP contribution in [-0.4, -0.2) is 8.42 Å². The molecular weight excluding hydrogens is 272 g/mol. The van der Waals surface area contributed by atoms with Crippen LogP contribution in [-0.2, 0) is 10.2 Å². The standard InChI is InChI=1S/C12H9ClN2O2S/c13-9-6-7-11-12(8-9)15(18(16,17)14-11)10-4-2-1-3-5-10/h1-8,14H. The molecule has 1 aliphatic heterocycles. The highest BCUT2D eigenvalue weighted by molar-refractivity contribution is 7.95. The molecule has 1 aliphatic rings. The van der Waals surface area contributed by atoms with Gasteiger partial charge in [0.15, 0.2) is 0 Å². The summed E-state index contributed by atoms with van der Waals surface area (Å²) >= 11 is 5.92. The summed E-state index contributed by atoms with van der Waals surface area (Å²) < 4.78 is 27.9. The molecule has 0 fully saturated rings. The molecule has 0 saturated heterocycles. The molecule has 92 valence electrons. The lowest BCUT2D eigenvalue weighted by molar-refractivity contribution is 0.603. The van der Waals surface area contributed by atoms with Gasteiger partial charge in [-0.15, -0.1) is 0 Å². The molecule has 18 heavy (non-hydrogen) atoms. The second kappa shape index (κ2) is 3.90. The molecule has 2 aromatic carbocycles. The molecule has 0 spiro atoms. The van der Waals surface area contributed by atoms with Crippen LogP contribution in [0.4, 0.5) is 17.1 Å². The van der Waals surface area contributed by atoms with Gasteiger partial charge in [0, 0.05) is 5.02 Å². The Bertz CT molecular complexity index is 701. The first-order valence-corrected chi connectivity index (χ1v) is 7.07. The summed E-state index contributed by atoms with van der Waals surface area (Å²) in [6, 6.07) is 13.8. The lowest BCUT2D eigenvalue weighted by Crippen LogP contribution is -2.25. The number of anilines is 3. The van der Waals surface area contributed by atoms with Crippen molar-refractivity contribution in [1.82, 2.24) is 0 Å². The average molecular weight is 281 g/mol. The van der Waals surface area contributed by atoms with E-state index in [1.807, 2.05) is 6.07 Å². The van der Waals surface area contributed by atoms with E-state index in [2.05, 4.69) is 4.72 Å². The van der Waals surface area contributed by atoms with Gasteiger partial charge in [-0.1, -0.05) is 29.8 Å². The molecule has 0 aromatic heterocycles. The fraction of sp³-hybridized carbons (Fsp3) is 0. The molecule has 0 radical (unpaired) electrons. The molecule has 4 nitrogen and oxygen atoms in total. The maximum absolute atomic E-state index is 12.1. The normalized spacial score (nSPS) is 16.2. The molecule has 0 amide bonds. The molecule has 2 aromatic rings. The van der Waals surface area contributed by atoms with Crippen molar-refractivity contribution >= 4 is 38.9 Å². The molecule has 6 heteroatoms. The molecule has 0 atom stereocenters. The van der Waals surface area contributed by atoms with Gasteiger partial charge in [0.2, 0.25) is 0 Å². The van der Waals surface area contributed by atoms with Crippen LogP contribution in [0.1, 0.15) is 0 Å². The second-order valence-corrected chi connectivity index (χ2v) is 5.82. The van der Waals surface area contributed by atoms with Crippen LogP contribution in [0.15, 0.2) is 48.5 Å². The number of rotatable bonds is 1. The number of nitrogens with zero attached hydrogens (tertiary/aromatic N) is 1. The van der Waals surface area contributed by atoms with Crippen molar-refractivity contribution in [1.29, 1.82) is 0 Å². The summed E-state index contributed by atoms with van der Waals surface area (Å²) in [5.74, 6) is 0. The van der Waals surface area contributed by atoms with Gasteiger partial charge in [-0.2, -0.15) is 8.42 Å². The quantitative estimate of drug-likeness (QED) is 0.872. The number of fused-ring (bicyclic) bond motifs is 1. The molecule has 1 N–H and O–H groups in total. The number of para-hydroxylation sites is 1. The molecule has 1 heterocycles. The van der Waals surface area contributed by atoms with Gasteiger partial charge in [0.1, 0.15) is 0 Å². The fourth-order valence-corrected chi connectivity index (χ4v) is 3.43. The Morgan fingerprint density at radius 2 is 1.78 bits per heavy atom. The zero-order chi connectivity index (χ0) is 12.8. The maximum atomic E-state index is 12.1. The van der Waals surface area contributed by atoms with Gasteiger partial charge in [-0.25, -0.2) is 4.31 Å². The summed E-state index contributed by atoms with van der Waals surface area (Å²) in [7, 11) is -3.59. The van der Waals surface area contributed by atoms with Gasteiger partial charge in [-0.05, 0) is 30.3 Å². The highest BCUT2D eigenvalue weighted by Gasteiger charge is 2.33. The topological polar surface area (TPSA) is 49.4 Å². The summed E-state index contributed by atoms with van der Waals surface area (Å²) in [6.07, 6.45) is 0. The molecule has 0 aliphatic carbocycles. The fourth-order valence-electron chi connectivity index (χ4n) is 1.91. The Morgan fingerprint density at radius 1 is 1.06 bits per heavy atom. The number of hydrogen-bond donors (Lipinski definition) is 1. The molecule has 0 bridgehead atoms. The zero-order valence-electron chi connectivity index (χ0n) is 9.17. The van der Waals surface area contributed by atoms with Crippen molar-refractivity contribution in [3.8, 4) is 0 Å². The van der Waals surface area contributed by atoms with E-state index in [1.165, 1.54) is 4.31 Å². The van der Waals surface area contributed by atoms with Crippen molar-refractivity contribution < 1.29 is 8.42 Å². The predicted octanol–water partition coefficient (Wildman–Crippen LogP) is 3.15. The first-order valence-electron chi connectivity index (χ1n) is 5.25. The van der Waals surface area contributed by atoms with Crippen LogP contribution in [0.3, 0.4) is 0 Å².